The normalized spacial score (nSPS) is 10.3. The van der Waals surface area contributed by atoms with Crippen molar-refractivity contribution in [1.82, 2.24) is 0 Å². The topological polar surface area (TPSA) is 0 Å². The van der Waals surface area contributed by atoms with Crippen molar-refractivity contribution in [2.45, 2.75) is 470 Å². The highest BCUT2D eigenvalue weighted by molar-refractivity contribution is 4.96. The zero-order valence-electron chi connectivity index (χ0n) is 71.1. The quantitative estimate of drug-likeness (QED) is 0.0486. The Labute approximate surface area is 573 Å². The van der Waals surface area contributed by atoms with Gasteiger partial charge < -0.3 is 0 Å². The molecule has 0 heterocycles. The number of hydrogen-bond acceptors (Lipinski definition) is 0. The lowest BCUT2D eigenvalue weighted by Gasteiger charge is -2.22. The zero-order chi connectivity index (χ0) is 72.7. The highest BCUT2D eigenvalue weighted by atomic mass is 14.2. The Bertz CT molecular complexity index is 1110. The first-order chi connectivity index (χ1) is 41.5. The SMILES string of the molecule is C/C=C/CC.CC#CCC.CC=CCC.CCC.CCC#CCC.CCC(C)C.CCC(C)C(C)CC.CCC(C)CC(C)C.CCC(CC)CC.CCC=C(C)C.CCCC.CCCC(C)(C)CCC.CCCC(C)C.CCCCC.CCCCCC. The van der Waals surface area contributed by atoms with E-state index in [4.69, 9.17) is 0 Å². The molecule has 0 aromatic carbocycles. The molecule has 0 saturated heterocycles. The fraction of sp³-hybridized carbons (Fsp3) is 0.886. The molecule has 3 atom stereocenters. The van der Waals surface area contributed by atoms with Crippen LogP contribution in [0.3, 0.4) is 0 Å². The van der Waals surface area contributed by atoms with Crippen LogP contribution < -0.4 is 0 Å². The summed E-state index contributed by atoms with van der Waals surface area (Å²) in [5.41, 5.74) is 2.02. The van der Waals surface area contributed by atoms with Crippen molar-refractivity contribution in [3.8, 4) is 23.7 Å². The average Bonchev–Trinajstić information content (AvgIpc) is 3.48. The molecule has 0 aliphatic carbocycles. The van der Waals surface area contributed by atoms with Crippen LogP contribution in [0, 0.1) is 70.5 Å². The molecule has 0 N–H and O–H groups in total. The molecule has 0 aliphatic rings. The molecule has 0 bridgehead atoms. The van der Waals surface area contributed by atoms with Gasteiger partial charge in [-0.3, -0.25) is 0 Å². The maximum atomic E-state index is 2.95. The van der Waals surface area contributed by atoms with Crippen LogP contribution in [0.5, 0.6) is 0 Å². The number of hydrogen-bond donors (Lipinski definition) is 0. The van der Waals surface area contributed by atoms with Crippen LogP contribution in [0.1, 0.15) is 470 Å². The van der Waals surface area contributed by atoms with Crippen LogP contribution in [-0.2, 0) is 0 Å². The van der Waals surface area contributed by atoms with Crippen molar-refractivity contribution in [3.63, 3.8) is 0 Å². The van der Waals surface area contributed by atoms with Gasteiger partial charge in [0, 0.05) is 19.3 Å². The Morgan fingerprint density at radius 2 is 0.705 bits per heavy atom. The van der Waals surface area contributed by atoms with Crippen LogP contribution in [0.4, 0.5) is 0 Å². The summed E-state index contributed by atoms with van der Waals surface area (Å²) in [5, 5.41) is 0. The molecular weight excluding hydrogens is 1060 g/mol. The second-order valence-corrected chi connectivity index (χ2v) is 25.9. The number of allylic oxidation sites excluding steroid dienone is 6. The van der Waals surface area contributed by atoms with E-state index in [2.05, 4.69) is 303 Å². The lowest BCUT2D eigenvalue weighted by molar-refractivity contribution is 0.301. The molecule has 88 heavy (non-hydrogen) atoms. The monoisotopic (exact) mass is 1250 g/mol. The van der Waals surface area contributed by atoms with Crippen LogP contribution in [0.25, 0.3) is 0 Å². The van der Waals surface area contributed by atoms with Gasteiger partial charge in [0.1, 0.15) is 0 Å². The fourth-order valence-corrected chi connectivity index (χ4v) is 6.86. The van der Waals surface area contributed by atoms with Crippen molar-refractivity contribution < 1.29 is 0 Å². The largest absolute Gasteiger partial charge is 0.107 e. The molecule has 0 aromatic heterocycles. The maximum absolute atomic E-state index is 2.95. The van der Waals surface area contributed by atoms with Crippen molar-refractivity contribution in [3.05, 3.63) is 36.0 Å². The molecule has 0 aromatic rings. The molecular formula is C88H192. The third-order valence-electron chi connectivity index (χ3n) is 13.6. The summed E-state index contributed by atoms with van der Waals surface area (Å²) in [6.07, 6.45) is 49.4. The molecule has 0 aliphatic heterocycles. The summed E-state index contributed by atoms with van der Waals surface area (Å²) in [7, 11) is 0. The number of rotatable bonds is 25. The third-order valence-corrected chi connectivity index (χ3v) is 13.6. The van der Waals surface area contributed by atoms with Crippen LogP contribution in [0.15, 0.2) is 36.0 Å². The van der Waals surface area contributed by atoms with Crippen molar-refractivity contribution in [2.24, 2.45) is 46.8 Å². The first kappa shape index (κ1) is 124. The molecule has 544 valence electrons. The highest BCUT2D eigenvalue weighted by Gasteiger charge is 2.14. The summed E-state index contributed by atoms with van der Waals surface area (Å²) < 4.78 is 0. The summed E-state index contributed by atoms with van der Waals surface area (Å²) in [6, 6.07) is 0. The smallest absolute Gasteiger partial charge is 0.00602 e. The van der Waals surface area contributed by atoms with E-state index < -0.39 is 0 Å². The zero-order valence-corrected chi connectivity index (χ0v) is 71.1. The Morgan fingerprint density at radius 3 is 0.773 bits per heavy atom. The molecule has 3 unspecified atom stereocenters. The summed E-state index contributed by atoms with van der Waals surface area (Å²) in [4.78, 5) is 0. The Hall–Kier alpha value is -1.66. The average molecular weight is 1250 g/mol. The van der Waals surface area contributed by atoms with Gasteiger partial charge in [-0.1, -0.05) is 413 Å². The van der Waals surface area contributed by atoms with Gasteiger partial charge in [0.25, 0.3) is 0 Å². The highest BCUT2D eigenvalue weighted by Crippen LogP contribution is 2.27. The summed E-state index contributed by atoms with van der Waals surface area (Å²) >= 11 is 0. The summed E-state index contributed by atoms with van der Waals surface area (Å²) in [5.74, 6) is 17.9. The van der Waals surface area contributed by atoms with E-state index in [1.165, 1.54) is 166 Å². The third kappa shape index (κ3) is 241. The first-order valence-corrected chi connectivity index (χ1v) is 39.2. The molecule has 0 amide bonds. The van der Waals surface area contributed by atoms with E-state index in [0.29, 0.717) is 5.41 Å². The van der Waals surface area contributed by atoms with Gasteiger partial charge in [-0.15, -0.1) is 23.7 Å². The van der Waals surface area contributed by atoms with E-state index in [1.54, 1.807) is 0 Å². The van der Waals surface area contributed by atoms with Crippen molar-refractivity contribution in [2.75, 3.05) is 0 Å². The van der Waals surface area contributed by atoms with E-state index in [1.807, 2.05) is 27.7 Å². The fourth-order valence-electron chi connectivity index (χ4n) is 6.86. The van der Waals surface area contributed by atoms with Crippen LogP contribution >= 0.6 is 0 Å². The summed E-state index contributed by atoms with van der Waals surface area (Å²) in [6.45, 7) is 87.9. The van der Waals surface area contributed by atoms with E-state index >= 15 is 0 Å². The van der Waals surface area contributed by atoms with Gasteiger partial charge in [-0.2, -0.15) is 0 Å². The van der Waals surface area contributed by atoms with Crippen LogP contribution in [-0.4, -0.2) is 0 Å². The predicted molar refractivity (Wildman–Crippen MR) is 434 cm³/mol. The Morgan fingerprint density at radius 1 is 0.375 bits per heavy atom. The van der Waals surface area contributed by atoms with E-state index in [9.17, 15) is 0 Å². The second kappa shape index (κ2) is 134. The minimum atomic E-state index is 0.601. The molecule has 0 fully saturated rings. The van der Waals surface area contributed by atoms with E-state index in [-0.39, 0.29) is 0 Å². The molecule has 0 rings (SSSR count). The van der Waals surface area contributed by atoms with Gasteiger partial charge in [-0.25, -0.2) is 0 Å². The Kier molecular flexibility index (Phi) is 188. The molecule has 0 saturated carbocycles. The van der Waals surface area contributed by atoms with Crippen molar-refractivity contribution >= 4 is 0 Å². The van der Waals surface area contributed by atoms with Crippen molar-refractivity contribution in [1.29, 1.82) is 0 Å². The minimum absolute atomic E-state index is 0.601. The minimum Gasteiger partial charge on any atom is -0.107 e. The van der Waals surface area contributed by atoms with E-state index in [0.717, 1.165) is 73.5 Å². The van der Waals surface area contributed by atoms with Gasteiger partial charge in [0.15, 0.2) is 0 Å². The second-order valence-electron chi connectivity index (χ2n) is 25.9. The predicted octanol–water partition coefficient (Wildman–Crippen LogP) is 34.6. The molecule has 0 heteroatoms. The molecule has 0 nitrogen and oxygen atoms in total. The maximum Gasteiger partial charge on any atom is 0.00602 e. The van der Waals surface area contributed by atoms with Gasteiger partial charge >= 0.3 is 0 Å². The standard InChI is InChI=1S/C9H20.2C8H18.C7H16.C6H14.C6H12.C6H14.C6H10.2C5H12.2C5H10.C5H8.C4H10.C3H8/c1-5-7-9(3,4)8-6-2;1-5-8(4)6-7(2)3;1-5-7(3)8(4)6-2;1-4-7(5-2)6-3;2*1-4-5-6(2)3;2*1-3-5-6-4-2;1-4-5(2)3;4*1-3-5-4-2;1-3-4-2;1-3-2/h5-8H2,1-4H3;2*7-8H,5-6H2,1-4H3;7H,4-6H2,1-3H3;6H,4-5H2,1-3H3;5H,4H2,1-3H3;3-6H2,1-2H3;3-4H2,1-2H3;5H,4H2,1-3H3;3-5H2,1-2H3;2*3,5H,4H2,1-2H3;3H2,1-2H3;3-4H2,1-2H3;3H2,1-2H3/b;;;;;;;;;;5-3+;;;;. The van der Waals surface area contributed by atoms with Gasteiger partial charge in [0.05, 0.1) is 0 Å². The molecule has 0 radical (unpaired) electrons. The number of unbranched alkanes of at least 4 members (excludes halogenated alkanes) is 6. The molecule has 0 spiro atoms. The first-order valence-electron chi connectivity index (χ1n) is 39.2. The van der Waals surface area contributed by atoms with Crippen LogP contribution in [0.2, 0.25) is 0 Å². The van der Waals surface area contributed by atoms with Gasteiger partial charge in [0.2, 0.25) is 0 Å². The lowest BCUT2D eigenvalue weighted by Crippen LogP contribution is -2.09. The van der Waals surface area contributed by atoms with Gasteiger partial charge in [-0.05, 0) is 120 Å². The lowest BCUT2D eigenvalue weighted by atomic mass is 9.84. The Balaban J connectivity index is -0.0000000502.